The van der Waals surface area contributed by atoms with Gasteiger partial charge in [-0.15, -0.1) is 0 Å². The van der Waals surface area contributed by atoms with Gasteiger partial charge in [0.25, 0.3) is 0 Å². The summed E-state index contributed by atoms with van der Waals surface area (Å²) in [5.74, 6) is 0. The lowest BCUT2D eigenvalue weighted by molar-refractivity contribution is 0.563. The lowest BCUT2D eigenvalue weighted by Crippen LogP contribution is -1.88. The van der Waals surface area contributed by atoms with Crippen molar-refractivity contribution in [3.8, 4) is 0 Å². The molecule has 0 N–H and O–H groups in total. The van der Waals surface area contributed by atoms with Crippen LogP contribution in [0.5, 0.6) is 0 Å². The molecule has 74 valence electrons. The summed E-state index contributed by atoms with van der Waals surface area (Å²) in [6.07, 6.45) is 3.73. The zero-order valence-electron chi connectivity index (χ0n) is 8.09. The number of benzene rings is 1. The lowest BCUT2D eigenvalue weighted by atomic mass is 10.1. The van der Waals surface area contributed by atoms with Gasteiger partial charge in [0.1, 0.15) is 0 Å². The van der Waals surface area contributed by atoms with Crippen LogP contribution in [0.4, 0.5) is 0 Å². The van der Waals surface area contributed by atoms with Crippen LogP contribution in [-0.2, 0) is 17.8 Å². The molecule has 0 unspecified atom stereocenters. The molecular weight excluding hydrogens is 242 g/mol. The summed E-state index contributed by atoms with van der Waals surface area (Å²) >= 11 is 3.50. The number of hydrogen-bond acceptors (Lipinski definition) is 2. The van der Waals surface area contributed by atoms with Crippen molar-refractivity contribution in [1.82, 2.24) is 0 Å². The Morgan fingerprint density at radius 3 is 2.86 bits per heavy atom. The van der Waals surface area contributed by atoms with Crippen LogP contribution >= 0.6 is 15.9 Å². The van der Waals surface area contributed by atoms with E-state index < -0.39 is 0 Å². The molecule has 0 amide bonds. The van der Waals surface area contributed by atoms with Gasteiger partial charge in [-0.1, -0.05) is 41.4 Å². The predicted octanol–water partition coefficient (Wildman–Crippen LogP) is 3.24. The van der Waals surface area contributed by atoms with E-state index in [1.54, 1.807) is 0 Å². The minimum atomic E-state index is 0.411. The number of carbonyl (C=O) groups excluding carboxylic acids is 1. The molecule has 0 saturated heterocycles. The monoisotopic (exact) mass is 253 g/mol. The Morgan fingerprint density at radius 1 is 1.50 bits per heavy atom. The van der Waals surface area contributed by atoms with Gasteiger partial charge in [-0.25, -0.2) is 9.79 Å². The van der Waals surface area contributed by atoms with Gasteiger partial charge in [0.05, 0.1) is 6.54 Å². The molecule has 0 aliphatic rings. The maximum Gasteiger partial charge on any atom is 0.235 e. The van der Waals surface area contributed by atoms with Crippen molar-refractivity contribution >= 4 is 22.0 Å². The number of halogens is 1. The van der Waals surface area contributed by atoms with E-state index in [0.717, 1.165) is 22.9 Å². The van der Waals surface area contributed by atoms with E-state index in [9.17, 15) is 4.79 Å². The Labute approximate surface area is 92.2 Å². The fraction of sp³-hybridized carbons (Fsp3) is 0.364. The van der Waals surface area contributed by atoms with Crippen LogP contribution < -0.4 is 0 Å². The minimum absolute atomic E-state index is 0.411. The first kappa shape index (κ1) is 11.2. The Kier molecular flexibility index (Phi) is 4.57. The number of aliphatic imine (C=N–C) groups is 1. The number of hydrogen-bond donors (Lipinski definition) is 0. The van der Waals surface area contributed by atoms with Gasteiger partial charge in [-0.05, 0) is 23.6 Å². The maximum atomic E-state index is 9.93. The molecule has 1 aromatic carbocycles. The summed E-state index contributed by atoms with van der Waals surface area (Å²) in [6.45, 7) is 2.56. The maximum absolute atomic E-state index is 9.93. The fourth-order valence-electron chi connectivity index (χ4n) is 1.28. The lowest BCUT2D eigenvalue weighted by Gasteiger charge is -2.04. The predicted molar refractivity (Wildman–Crippen MR) is 60.0 cm³/mol. The molecule has 0 heterocycles. The van der Waals surface area contributed by atoms with E-state index in [2.05, 4.69) is 33.9 Å². The van der Waals surface area contributed by atoms with E-state index in [1.165, 1.54) is 11.6 Å². The van der Waals surface area contributed by atoms with Gasteiger partial charge >= 0.3 is 0 Å². The largest absolute Gasteiger partial charge is 0.235 e. The highest BCUT2D eigenvalue weighted by Gasteiger charge is 1.99. The normalized spacial score (nSPS) is 9.57. The zero-order chi connectivity index (χ0) is 10.4. The first-order valence-corrected chi connectivity index (χ1v) is 5.38. The second-order valence-electron chi connectivity index (χ2n) is 3.08. The van der Waals surface area contributed by atoms with Crippen molar-refractivity contribution in [3.63, 3.8) is 0 Å². The quantitative estimate of drug-likeness (QED) is 0.599. The molecular formula is C11H12BrNO. The third-order valence-electron chi connectivity index (χ3n) is 1.96. The first-order chi connectivity index (χ1) is 6.77. The van der Waals surface area contributed by atoms with Crippen LogP contribution in [0.15, 0.2) is 27.7 Å². The van der Waals surface area contributed by atoms with Crippen LogP contribution in [0.25, 0.3) is 0 Å². The summed E-state index contributed by atoms with van der Waals surface area (Å²) in [7, 11) is 0. The average Bonchev–Trinajstić information content (AvgIpc) is 2.19. The SMILES string of the molecule is CCCc1ccc(CN=C=O)cc1Br. The molecule has 14 heavy (non-hydrogen) atoms. The molecule has 3 heteroatoms. The van der Waals surface area contributed by atoms with Gasteiger partial charge in [-0.3, -0.25) is 0 Å². The van der Waals surface area contributed by atoms with Crippen LogP contribution in [-0.4, -0.2) is 6.08 Å². The molecule has 2 nitrogen and oxygen atoms in total. The Hall–Kier alpha value is -0.920. The van der Waals surface area contributed by atoms with Crippen molar-refractivity contribution in [2.24, 2.45) is 4.99 Å². The molecule has 0 aliphatic carbocycles. The summed E-state index contributed by atoms with van der Waals surface area (Å²) in [5.41, 5.74) is 2.33. The molecule has 0 spiro atoms. The molecule has 0 bridgehead atoms. The van der Waals surface area contributed by atoms with Crippen LogP contribution in [0, 0.1) is 0 Å². The minimum Gasteiger partial charge on any atom is -0.211 e. The Morgan fingerprint density at radius 2 is 2.29 bits per heavy atom. The molecule has 1 rings (SSSR count). The molecule has 0 saturated carbocycles. The van der Waals surface area contributed by atoms with Gasteiger partial charge in [-0.2, -0.15) is 0 Å². The van der Waals surface area contributed by atoms with E-state index in [1.807, 2.05) is 12.1 Å². The van der Waals surface area contributed by atoms with E-state index in [-0.39, 0.29) is 0 Å². The fourth-order valence-corrected chi connectivity index (χ4v) is 1.91. The van der Waals surface area contributed by atoms with Gasteiger partial charge in [0, 0.05) is 4.47 Å². The molecule has 0 fully saturated rings. The average molecular weight is 254 g/mol. The highest BCUT2D eigenvalue weighted by molar-refractivity contribution is 9.10. The van der Waals surface area contributed by atoms with Crippen molar-refractivity contribution in [1.29, 1.82) is 0 Å². The van der Waals surface area contributed by atoms with E-state index >= 15 is 0 Å². The molecule has 0 aliphatic heterocycles. The van der Waals surface area contributed by atoms with E-state index in [4.69, 9.17) is 0 Å². The van der Waals surface area contributed by atoms with Crippen LogP contribution in [0.1, 0.15) is 24.5 Å². The van der Waals surface area contributed by atoms with Gasteiger partial charge in [0.2, 0.25) is 6.08 Å². The smallest absolute Gasteiger partial charge is 0.211 e. The molecule has 0 atom stereocenters. The molecule has 0 radical (unpaired) electrons. The highest BCUT2D eigenvalue weighted by Crippen LogP contribution is 2.20. The highest BCUT2D eigenvalue weighted by atomic mass is 79.9. The van der Waals surface area contributed by atoms with Crippen LogP contribution in [0.2, 0.25) is 0 Å². The Bertz CT molecular complexity index is 356. The first-order valence-electron chi connectivity index (χ1n) is 4.59. The molecule has 0 aromatic heterocycles. The summed E-state index contributed by atoms with van der Waals surface area (Å²) in [6, 6.07) is 6.08. The third kappa shape index (κ3) is 3.09. The van der Waals surface area contributed by atoms with Crippen molar-refractivity contribution in [3.05, 3.63) is 33.8 Å². The standard InChI is InChI=1S/C11H12BrNO/c1-2-3-10-5-4-9(6-11(10)12)7-13-8-14/h4-6H,2-3,7H2,1H3. The van der Waals surface area contributed by atoms with Crippen molar-refractivity contribution < 1.29 is 4.79 Å². The topological polar surface area (TPSA) is 29.4 Å². The number of aryl methyl sites for hydroxylation is 1. The summed E-state index contributed by atoms with van der Waals surface area (Å²) in [5, 5.41) is 0. The third-order valence-corrected chi connectivity index (χ3v) is 2.70. The summed E-state index contributed by atoms with van der Waals surface area (Å²) < 4.78 is 1.10. The second-order valence-corrected chi connectivity index (χ2v) is 3.94. The summed E-state index contributed by atoms with van der Waals surface area (Å²) in [4.78, 5) is 13.5. The number of rotatable bonds is 4. The Balaban J connectivity index is 2.82. The van der Waals surface area contributed by atoms with E-state index in [0.29, 0.717) is 6.54 Å². The number of nitrogens with zero attached hydrogens (tertiary/aromatic N) is 1. The van der Waals surface area contributed by atoms with Gasteiger partial charge in [0.15, 0.2) is 0 Å². The second kappa shape index (κ2) is 5.74. The van der Waals surface area contributed by atoms with Crippen LogP contribution in [0.3, 0.4) is 0 Å². The van der Waals surface area contributed by atoms with Crippen molar-refractivity contribution in [2.75, 3.05) is 0 Å². The zero-order valence-corrected chi connectivity index (χ0v) is 9.67. The van der Waals surface area contributed by atoms with Crippen molar-refractivity contribution in [2.45, 2.75) is 26.3 Å². The molecule has 1 aromatic rings. The van der Waals surface area contributed by atoms with Gasteiger partial charge < -0.3 is 0 Å². The number of isocyanates is 1.